The van der Waals surface area contributed by atoms with Crippen LogP contribution >= 0.6 is 0 Å². The molecule has 0 N–H and O–H groups in total. The molecule has 0 radical (unpaired) electrons. The number of aromatic nitrogens is 1. The molecule has 1 aliphatic heterocycles. The summed E-state index contributed by atoms with van der Waals surface area (Å²) in [6.45, 7) is 13.2. The van der Waals surface area contributed by atoms with E-state index in [1.54, 1.807) is 20.8 Å². The van der Waals surface area contributed by atoms with Crippen LogP contribution in [-0.4, -0.2) is 40.7 Å². The number of benzene rings is 1. The van der Waals surface area contributed by atoms with Gasteiger partial charge in [0.25, 0.3) is 0 Å². The summed E-state index contributed by atoms with van der Waals surface area (Å²) in [5, 5.41) is 0.754. The standard InChI is InChI=1S/C23H31NO6/c1-8-27-17-13-15(20(25)29-22(2,3)4)18-14-11-9-10-12-16(14)24(19(18)28-17)21(26)30-23(5,6)7/h9-12,15,17H,8,13H2,1-7H3/t15-,17-/m0/s1. The van der Waals surface area contributed by atoms with Gasteiger partial charge in [0.1, 0.15) is 11.2 Å². The molecule has 0 unspecified atom stereocenters. The molecule has 7 heteroatoms. The van der Waals surface area contributed by atoms with E-state index in [9.17, 15) is 9.59 Å². The molecule has 0 amide bonds. The average molecular weight is 418 g/mol. The van der Waals surface area contributed by atoms with Gasteiger partial charge < -0.3 is 18.9 Å². The second-order valence-corrected chi connectivity index (χ2v) is 9.38. The SMILES string of the molecule is CCO[C@@H]1C[C@H](C(=O)OC(C)(C)C)c2c(n(C(=O)OC(C)(C)C)c3ccccc23)O1. The molecular formula is C23H31NO6. The van der Waals surface area contributed by atoms with Gasteiger partial charge in [0.15, 0.2) is 0 Å². The van der Waals surface area contributed by atoms with Gasteiger partial charge in [-0.1, -0.05) is 18.2 Å². The minimum Gasteiger partial charge on any atom is -0.459 e. The van der Waals surface area contributed by atoms with E-state index in [4.69, 9.17) is 18.9 Å². The highest BCUT2D eigenvalue weighted by Crippen LogP contribution is 2.45. The number of rotatable bonds is 3. The third kappa shape index (κ3) is 4.61. The van der Waals surface area contributed by atoms with E-state index < -0.39 is 29.5 Å². The fourth-order valence-corrected chi connectivity index (χ4v) is 3.54. The first kappa shape index (κ1) is 22.2. The van der Waals surface area contributed by atoms with Crippen molar-refractivity contribution in [3.8, 4) is 5.88 Å². The summed E-state index contributed by atoms with van der Waals surface area (Å²) in [6.07, 6.45) is -0.941. The number of hydrogen-bond donors (Lipinski definition) is 0. The van der Waals surface area contributed by atoms with Gasteiger partial charge in [-0.25, -0.2) is 9.36 Å². The Bertz CT molecular complexity index is 947. The Kier molecular flexibility index (Phi) is 5.87. The third-order valence-corrected chi connectivity index (χ3v) is 4.51. The normalized spacial score (nSPS) is 19.2. The molecule has 2 atom stereocenters. The Morgan fingerprint density at radius 1 is 1.07 bits per heavy atom. The minimum atomic E-state index is -0.687. The summed E-state index contributed by atoms with van der Waals surface area (Å²) < 4.78 is 24.4. The van der Waals surface area contributed by atoms with Crippen LogP contribution in [0.4, 0.5) is 4.79 Å². The van der Waals surface area contributed by atoms with E-state index in [1.807, 2.05) is 52.0 Å². The number of hydrogen-bond acceptors (Lipinski definition) is 6. The molecule has 2 aromatic rings. The van der Waals surface area contributed by atoms with Crippen molar-refractivity contribution in [2.24, 2.45) is 0 Å². The zero-order valence-corrected chi connectivity index (χ0v) is 18.8. The molecule has 3 rings (SSSR count). The lowest BCUT2D eigenvalue weighted by Gasteiger charge is -2.31. The Morgan fingerprint density at radius 3 is 2.30 bits per heavy atom. The Balaban J connectivity index is 2.18. The summed E-state index contributed by atoms with van der Waals surface area (Å²) in [5.41, 5.74) is -0.0854. The molecule has 2 heterocycles. The van der Waals surface area contributed by atoms with Crippen molar-refractivity contribution in [1.29, 1.82) is 0 Å². The van der Waals surface area contributed by atoms with E-state index in [-0.39, 0.29) is 11.8 Å². The van der Waals surface area contributed by atoms with Crippen molar-refractivity contribution in [3.05, 3.63) is 29.8 Å². The van der Waals surface area contributed by atoms with Crippen LogP contribution in [0.25, 0.3) is 10.9 Å². The highest BCUT2D eigenvalue weighted by molar-refractivity contribution is 5.98. The maximum Gasteiger partial charge on any atom is 0.421 e. The Hall–Kier alpha value is -2.54. The maximum absolute atomic E-state index is 13.1. The molecule has 0 saturated carbocycles. The summed E-state index contributed by atoms with van der Waals surface area (Å²) in [7, 11) is 0. The summed E-state index contributed by atoms with van der Waals surface area (Å²) >= 11 is 0. The molecule has 7 nitrogen and oxygen atoms in total. The largest absolute Gasteiger partial charge is 0.459 e. The fourth-order valence-electron chi connectivity index (χ4n) is 3.54. The summed E-state index contributed by atoms with van der Waals surface area (Å²) in [4.78, 5) is 26.2. The summed E-state index contributed by atoms with van der Waals surface area (Å²) in [5.74, 6) is -0.729. The van der Waals surface area contributed by atoms with Gasteiger partial charge >= 0.3 is 12.1 Å². The molecular weight excluding hydrogens is 386 g/mol. The third-order valence-electron chi connectivity index (χ3n) is 4.51. The zero-order chi connectivity index (χ0) is 22.3. The van der Waals surface area contributed by atoms with Gasteiger partial charge in [-0.15, -0.1) is 0 Å². The van der Waals surface area contributed by atoms with E-state index in [0.717, 1.165) is 5.39 Å². The molecule has 164 valence electrons. The van der Waals surface area contributed by atoms with Gasteiger partial charge in [-0.3, -0.25) is 4.79 Å². The van der Waals surface area contributed by atoms with Crippen LogP contribution < -0.4 is 4.74 Å². The molecule has 1 aromatic heterocycles. The first-order valence-electron chi connectivity index (χ1n) is 10.3. The first-order valence-corrected chi connectivity index (χ1v) is 10.3. The molecule has 0 bridgehead atoms. The van der Waals surface area contributed by atoms with E-state index in [2.05, 4.69) is 0 Å². The highest BCUT2D eigenvalue weighted by atomic mass is 16.7. The number of carbonyl (C=O) groups is 2. The molecule has 0 saturated heterocycles. The second-order valence-electron chi connectivity index (χ2n) is 9.38. The van der Waals surface area contributed by atoms with E-state index in [1.165, 1.54) is 4.57 Å². The van der Waals surface area contributed by atoms with Crippen LogP contribution in [0.2, 0.25) is 0 Å². The van der Waals surface area contributed by atoms with Crippen molar-refractivity contribution in [2.45, 2.75) is 78.3 Å². The lowest BCUT2D eigenvalue weighted by Crippen LogP contribution is -2.36. The van der Waals surface area contributed by atoms with Crippen LogP contribution in [0.15, 0.2) is 24.3 Å². The first-order chi connectivity index (χ1) is 13.9. The van der Waals surface area contributed by atoms with Crippen molar-refractivity contribution in [1.82, 2.24) is 4.57 Å². The van der Waals surface area contributed by atoms with E-state index in [0.29, 0.717) is 24.1 Å². The smallest absolute Gasteiger partial charge is 0.421 e. The topological polar surface area (TPSA) is 76.0 Å². The van der Waals surface area contributed by atoms with Crippen LogP contribution in [0.3, 0.4) is 0 Å². The maximum atomic E-state index is 13.1. The molecule has 0 spiro atoms. The predicted octanol–water partition coefficient (Wildman–Crippen LogP) is 4.99. The molecule has 0 fully saturated rings. The number of ether oxygens (including phenoxy) is 4. The highest BCUT2D eigenvalue weighted by Gasteiger charge is 2.41. The van der Waals surface area contributed by atoms with E-state index >= 15 is 0 Å². The van der Waals surface area contributed by atoms with Crippen LogP contribution in [-0.2, 0) is 19.0 Å². The van der Waals surface area contributed by atoms with Gasteiger partial charge in [0.05, 0.1) is 11.4 Å². The van der Waals surface area contributed by atoms with Crippen LogP contribution in [0, 0.1) is 0 Å². The quantitative estimate of drug-likeness (QED) is 0.655. The fraction of sp³-hybridized carbons (Fsp3) is 0.565. The van der Waals surface area contributed by atoms with Crippen molar-refractivity contribution in [2.75, 3.05) is 6.61 Å². The molecule has 30 heavy (non-hydrogen) atoms. The monoisotopic (exact) mass is 417 g/mol. The zero-order valence-electron chi connectivity index (χ0n) is 18.8. The number of esters is 1. The van der Waals surface area contributed by atoms with Crippen LogP contribution in [0.1, 0.15) is 66.4 Å². The van der Waals surface area contributed by atoms with Crippen molar-refractivity contribution < 1.29 is 28.5 Å². The lowest BCUT2D eigenvalue weighted by molar-refractivity contribution is -0.162. The molecule has 1 aliphatic rings. The lowest BCUT2D eigenvalue weighted by atomic mass is 9.92. The average Bonchev–Trinajstić information content (AvgIpc) is 2.92. The number of fused-ring (bicyclic) bond motifs is 3. The van der Waals surface area contributed by atoms with Gasteiger partial charge in [-0.2, -0.15) is 0 Å². The minimum absolute atomic E-state index is 0.269. The summed E-state index contributed by atoms with van der Waals surface area (Å²) in [6, 6.07) is 7.37. The van der Waals surface area contributed by atoms with Gasteiger partial charge in [0.2, 0.25) is 12.2 Å². The Morgan fingerprint density at radius 2 is 1.70 bits per heavy atom. The number of carbonyl (C=O) groups excluding carboxylic acids is 2. The number of para-hydroxylation sites is 1. The number of nitrogens with zero attached hydrogens (tertiary/aromatic N) is 1. The molecule has 1 aromatic carbocycles. The molecule has 0 aliphatic carbocycles. The van der Waals surface area contributed by atoms with Crippen molar-refractivity contribution >= 4 is 23.0 Å². The van der Waals surface area contributed by atoms with Crippen molar-refractivity contribution in [3.63, 3.8) is 0 Å². The van der Waals surface area contributed by atoms with Crippen LogP contribution in [0.5, 0.6) is 5.88 Å². The second kappa shape index (κ2) is 7.95. The Labute approximate surface area is 177 Å². The van der Waals surface area contributed by atoms with Gasteiger partial charge in [-0.05, 0) is 54.5 Å². The predicted molar refractivity (Wildman–Crippen MR) is 113 cm³/mol. The van der Waals surface area contributed by atoms with Gasteiger partial charge in [0, 0.05) is 24.0 Å².